The number of fused-ring (bicyclic) bond motifs is 1. The van der Waals surface area contributed by atoms with Gasteiger partial charge in [-0.3, -0.25) is 9.59 Å². The molecule has 2 unspecified atom stereocenters. The zero-order valence-corrected chi connectivity index (χ0v) is 26.4. The van der Waals surface area contributed by atoms with Gasteiger partial charge in [0, 0.05) is 24.9 Å². The highest BCUT2D eigenvalue weighted by atomic mass is 16.6. The van der Waals surface area contributed by atoms with Crippen LogP contribution in [-0.4, -0.2) is 112 Å². The Labute approximate surface area is 272 Å². The number of nitrogens with one attached hydrogen (secondary N) is 1. The molecule has 1 amide bonds. The second-order valence-electron chi connectivity index (χ2n) is 11.3. The molecule has 0 aliphatic carbocycles. The molecule has 14 heteroatoms. The molecule has 0 aromatic heterocycles. The Balaban J connectivity index is 0.000000520. The molecule has 0 radical (unpaired) electrons. The van der Waals surface area contributed by atoms with Gasteiger partial charge in [-0.2, -0.15) is 0 Å². The molecule has 6 N–H and O–H groups in total. The van der Waals surface area contributed by atoms with E-state index in [-0.39, 0.29) is 11.7 Å². The van der Waals surface area contributed by atoms with E-state index in [0.717, 1.165) is 44.5 Å². The van der Waals surface area contributed by atoms with E-state index in [1.807, 2.05) is 18.2 Å². The molecule has 0 bridgehead atoms. The predicted octanol–water partition coefficient (Wildman–Crippen LogP) is 1.79. The third-order valence-corrected chi connectivity index (χ3v) is 7.81. The standard InChI is InChI=1S/C29H38N2O6.C4H6O6/c1-35-23-12-9-21(10-13-23)25(32)7-3-2-4-8-28(33)30-24(20-31-15-5-6-16-31)29(34)22-11-14-26-27(19-22)37-18-17-36-26;5-1(3(7)8)2(6)4(9)10/h9-14,19,24,29,34H,2-8,15-18,20H2,1H3,(H,30,33);1-2,5-6H,(H,7,8)(H,9,10)/t24-,29-;/m1./s1. The Bertz CT molecular complexity index is 1310. The summed E-state index contributed by atoms with van der Waals surface area (Å²) in [5.41, 5.74) is 1.38. The fraction of sp³-hybridized carbons (Fsp3) is 0.515. The first-order valence-corrected chi connectivity index (χ1v) is 15.6. The highest BCUT2D eigenvalue weighted by molar-refractivity contribution is 5.96. The number of carboxylic acids is 2. The average Bonchev–Trinajstić information content (AvgIpc) is 3.60. The Morgan fingerprint density at radius 2 is 1.43 bits per heavy atom. The molecule has 1 fully saturated rings. The minimum atomic E-state index is -2.27. The van der Waals surface area contributed by atoms with Crippen molar-refractivity contribution in [2.75, 3.05) is 40.0 Å². The number of aliphatic hydroxyl groups excluding tert-OH is 3. The van der Waals surface area contributed by atoms with Crippen molar-refractivity contribution >= 4 is 23.6 Å². The van der Waals surface area contributed by atoms with Crippen molar-refractivity contribution in [3.05, 3.63) is 53.6 Å². The number of ether oxygens (including phenoxy) is 3. The number of likely N-dealkylation sites (tertiary alicyclic amines) is 1. The molecule has 2 aliphatic heterocycles. The summed E-state index contributed by atoms with van der Waals surface area (Å²) in [5, 5.41) is 46.8. The Kier molecular flexibility index (Phi) is 14.9. The molecule has 0 saturated carbocycles. The number of carboxylic acid groups (broad SMARTS) is 2. The molecule has 2 aliphatic rings. The van der Waals surface area contributed by atoms with Crippen molar-refractivity contribution in [3.63, 3.8) is 0 Å². The average molecular weight is 661 g/mol. The van der Waals surface area contributed by atoms with Gasteiger partial charge in [0.1, 0.15) is 25.1 Å². The summed E-state index contributed by atoms with van der Waals surface area (Å²) in [6, 6.07) is 12.2. The number of benzene rings is 2. The number of rotatable bonds is 16. The van der Waals surface area contributed by atoms with Crippen LogP contribution in [0.25, 0.3) is 0 Å². The highest BCUT2D eigenvalue weighted by Gasteiger charge is 2.30. The number of aliphatic hydroxyl groups is 3. The van der Waals surface area contributed by atoms with E-state index in [0.29, 0.717) is 61.6 Å². The summed E-state index contributed by atoms with van der Waals surface area (Å²) in [6.07, 6.45) is -0.0938. The lowest BCUT2D eigenvalue weighted by atomic mass is 10.00. The van der Waals surface area contributed by atoms with Gasteiger partial charge >= 0.3 is 11.9 Å². The van der Waals surface area contributed by atoms with Gasteiger partial charge in [0.2, 0.25) is 5.91 Å². The highest BCUT2D eigenvalue weighted by Crippen LogP contribution is 2.33. The molecule has 0 spiro atoms. The number of Topliss-reactive ketones (excluding diaryl/α,β-unsaturated/α-hetero) is 1. The smallest absolute Gasteiger partial charge is 0.335 e. The van der Waals surface area contributed by atoms with Gasteiger partial charge in [0.05, 0.1) is 13.2 Å². The zero-order chi connectivity index (χ0) is 34.3. The third kappa shape index (κ3) is 11.8. The van der Waals surface area contributed by atoms with Gasteiger partial charge in [0.25, 0.3) is 0 Å². The normalized spacial score (nSPS) is 16.5. The first-order valence-electron chi connectivity index (χ1n) is 15.6. The van der Waals surface area contributed by atoms with E-state index >= 15 is 0 Å². The number of nitrogens with zero attached hydrogens (tertiary/aromatic N) is 1. The largest absolute Gasteiger partial charge is 0.497 e. The second kappa shape index (κ2) is 18.8. The molecular weight excluding hydrogens is 616 g/mol. The van der Waals surface area contributed by atoms with E-state index in [1.54, 1.807) is 31.4 Å². The maximum atomic E-state index is 12.8. The van der Waals surface area contributed by atoms with Gasteiger partial charge in [-0.15, -0.1) is 0 Å². The van der Waals surface area contributed by atoms with Crippen LogP contribution in [0.5, 0.6) is 17.2 Å². The Morgan fingerprint density at radius 3 is 2.02 bits per heavy atom. The van der Waals surface area contributed by atoms with Crippen LogP contribution in [0.3, 0.4) is 0 Å². The molecular formula is C33H44N2O12. The van der Waals surface area contributed by atoms with E-state index in [2.05, 4.69) is 10.2 Å². The van der Waals surface area contributed by atoms with Crippen LogP contribution in [0.2, 0.25) is 0 Å². The Hall–Kier alpha value is -4.24. The van der Waals surface area contributed by atoms with Crippen molar-refractivity contribution in [1.82, 2.24) is 10.2 Å². The lowest BCUT2D eigenvalue weighted by molar-refractivity contribution is -0.165. The maximum absolute atomic E-state index is 12.8. The number of carbonyl (C=O) groups excluding carboxylic acids is 2. The predicted molar refractivity (Wildman–Crippen MR) is 168 cm³/mol. The molecule has 1 saturated heterocycles. The number of unbranched alkanes of at least 4 members (excludes halogenated alkanes) is 2. The van der Waals surface area contributed by atoms with E-state index in [9.17, 15) is 24.3 Å². The molecule has 2 aromatic carbocycles. The molecule has 14 nitrogen and oxygen atoms in total. The molecule has 2 aromatic rings. The number of ketones is 1. The van der Waals surface area contributed by atoms with Crippen molar-refractivity contribution in [2.45, 2.75) is 69.3 Å². The minimum absolute atomic E-state index is 0.0812. The summed E-state index contributed by atoms with van der Waals surface area (Å²) < 4.78 is 16.4. The molecule has 258 valence electrons. The van der Waals surface area contributed by atoms with Crippen LogP contribution in [0.15, 0.2) is 42.5 Å². The van der Waals surface area contributed by atoms with Crippen LogP contribution in [-0.2, 0) is 14.4 Å². The number of methoxy groups -OCH3 is 1. The van der Waals surface area contributed by atoms with E-state index < -0.39 is 36.3 Å². The first kappa shape index (κ1) is 37.2. The number of carbonyl (C=O) groups is 4. The van der Waals surface area contributed by atoms with Crippen LogP contribution in [0, 0.1) is 0 Å². The molecule has 4 atom stereocenters. The Morgan fingerprint density at radius 1 is 0.830 bits per heavy atom. The lowest BCUT2D eigenvalue weighted by Gasteiger charge is -2.29. The van der Waals surface area contributed by atoms with E-state index in [1.165, 1.54) is 0 Å². The summed E-state index contributed by atoms with van der Waals surface area (Å²) in [7, 11) is 1.60. The number of hydrogen-bond donors (Lipinski definition) is 6. The van der Waals surface area contributed by atoms with E-state index in [4.69, 9.17) is 34.6 Å². The quantitative estimate of drug-likeness (QED) is 0.112. The first-order chi connectivity index (χ1) is 22.5. The summed E-state index contributed by atoms with van der Waals surface area (Å²) in [5.74, 6) is -1.50. The van der Waals surface area contributed by atoms with Crippen LogP contribution >= 0.6 is 0 Å². The minimum Gasteiger partial charge on any atom is -0.497 e. The van der Waals surface area contributed by atoms with Crippen molar-refractivity contribution < 1.29 is 58.9 Å². The van der Waals surface area contributed by atoms with Crippen LogP contribution < -0.4 is 19.5 Å². The van der Waals surface area contributed by atoms with Gasteiger partial charge in [-0.05, 0) is 80.7 Å². The van der Waals surface area contributed by atoms with Crippen LogP contribution in [0.1, 0.15) is 67.0 Å². The number of aliphatic carboxylic acids is 2. The molecule has 4 rings (SSSR count). The summed E-state index contributed by atoms with van der Waals surface area (Å²) >= 11 is 0. The zero-order valence-electron chi connectivity index (χ0n) is 26.4. The molecule has 2 heterocycles. The number of amides is 1. The van der Waals surface area contributed by atoms with Gasteiger partial charge < -0.3 is 50.0 Å². The molecule has 47 heavy (non-hydrogen) atoms. The summed E-state index contributed by atoms with van der Waals surface area (Å²) in [6.45, 7) is 3.53. The fourth-order valence-corrected chi connectivity index (χ4v) is 5.16. The monoisotopic (exact) mass is 660 g/mol. The topological polar surface area (TPSA) is 212 Å². The third-order valence-electron chi connectivity index (χ3n) is 7.81. The van der Waals surface area contributed by atoms with Gasteiger partial charge in [0.15, 0.2) is 29.5 Å². The SMILES string of the molecule is COc1ccc(C(=O)CCCCCC(=O)N[C@H](CN2CCCC2)[C@H](O)c2ccc3c(c2)OCCO3)cc1.O=C(O)C(O)C(O)C(=O)O. The lowest BCUT2D eigenvalue weighted by Crippen LogP contribution is -2.46. The maximum Gasteiger partial charge on any atom is 0.335 e. The summed E-state index contributed by atoms with van der Waals surface area (Å²) in [4.78, 5) is 47.0. The van der Waals surface area contributed by atoms with Gasteiger partial charge in [-0.25, -0.2) is 9.59 Å². The number of hydrogen-bond acceptors (Lipinski definition) is 11. The fourth-order valence-electron chi connectivity index (χ4n) is 5.16. The van der Waals surface area contributed by atoms with Gasteiger partial charge in [-0.1, -0.05) is 12.5 Å². The van der Waals surface area contributed by atoms with Crippen molar-refractivity contribution in [2.24, 2.45) is 0 Å². The second-order valence-corrected chi connectivity index (χ2v) is 11.3. The van der Waals surface area contributed by atoms with Crippen LogP contribution in [0.4, 0.5) is 0 Å². The van der Waals surface area contributed by atoms with Crippen molar-refractivity contribution in [3.8, 4) is 17.2 Å². The van der Waals surface area contributed by atoms with Crippen molar-refractivity contribution in [1.29, 1.82) is 0 Å².